The number of ether oxygens (including phenoxy) is 1. The number of carbonyl (C=O) groups excluding carboxylic acids is 3. The zero-order valence-corrected chi connectivity index (χ0v) is 16.4. The molecule has 0 radical (unpaired) electrons. The number of amides is 1. The maximum absolute atomic E-state index is 12.5. The lowest BCUT2D eigenvalue weighted by molar-refractivity contribution is -0.384. The van der Waals surface area contributed by atoms with Crippen LogP contribution in [0.15, 0.2) is 34.2 Å². The number of hydrogen-bond acceptors (Lipinski definition) is 8. The van der Waals surface area contributed by atoms with Crippen LogP contribution in [0.2, 0.25) is 0 Å². The van der Waals surface area contributed by atoms with Gasteiger partial charge in [0.1, 0.15) is 6.61 Å². The molecule has 0 saturated carbocycles. The number of esters is 1. The second-order valence-electron chi connectivity index (χ2n) is 5.89. The Hall–Kier alpha value is -2.58. The number of non-ortho nitro benzene ring substituents is 1. The summed E-state index contributed by atoms with van der Waals surface area (Å²) in [5.74, 6) is -4.16. The number of thioether (sulfide) groups is 2. The molecule has 3 rings (SSSR count). The van der Waals surface area contributed by atoms with E-state index in [0.717, 1.165) is 16.7 Å². The molecule has 2 aliphatic rings. The number of carbonyl (C=O) groups is 3. The Kier molecular flexibility index (Phi) is 7.15. The molecule has 162 valence electrons. The van der Waals surface area contributed by atoms with Crippen molar-refractivity contribution in [1.29, 1.82) is 0 Å². The summed E-state index contributed by atoms with van der Waals surface area (Å²) in [4.78, 5) is 46.6. The van der Waals surface area contributed by atoms with Gasteiger partial charge in [-0.25, -0.2) is 4.79 Å². The lowest BCUT2D eigenvalue weighted by Gasteiger charge is -2.34. The Labute approximate surface area is 175 Å². The van der Waals surface area contributed by atoms with Crippen molar-refractivity contribution in [2.75, 3.05) is 5.75 Å². The van der Waals surface area contributed by atoms with Crippen molar-refractivity contribution in [2.45, 2.75) is 24.6 Å². The molecule has 1 atom stereocenters. The third kappa shape index (κ3) is 4.94. The maximum Gasteiger partial charge on any atom is 0.450 e. The monoisotopic (exact) mass is 466 g/mol. The van der Waals surface area contributed by atoms with Gasteiger partial charge in [-0.3, -0.25) is 24.6 Å². The zero-order valence-electron chi connectivity index (χ0n) is 14.8. The minimum Gasteiger partial charge on any atom is -0.456 e. The number of nitro benzene ring substituents is 1. The molecule has 0 aliphatic carbocycles. The van der Waals surface area contributed by atoms with Crippen LogP contribution in [-0.2, 0) is 25.7 Å². The molecule has 2 aliphatic heterocycles. The number of Topliss-reactive ketones (excluding diaryl/α,β-unsaturated/α-hetero) is 1. The summed E-state index contributed by atoms with van der Waals surface area (Å²) in [6, 6.07) is 5.23. The lowest BCUT2D eigenvalue weighted by atomic mass is 10.2. The van der Waals surface area contributed by atoms with Crippen molar-refractivity contribution >= 4 is 46.9 Å². The molecular weight excluding hydrogens is 453 g/mol. The smallest absolute Gasteiger partial charge is 0.450 e. The SMILES string of the molecule is O.O=C(OCc1ccc([N+](=O)[O-])cc1)C1=C(SCC(=O)C(F)(F)F)S[C@H]2CC(=O)N12. The summed E-state index contributed by atoms with van der Waals surface area (Å²) in [5.41, 5.74) is 0.123. The number of ketones is 1. The summed E-state index contributed by atoms with van der Waals surface area (Å²) in [7, 11) is 0. The minimum absolute atomic E-state index is 0. The summed E-state index contributed by atoms with van der Waals surface area (Å²) >= 11 is 1.57. The number of rotatable bonds is 7. The van der Waals surface area contributed by atoms with Crippen LogP contribution in [0.1, 0.15) is 12.0 Å². The summed E-state index contributed by atoms with van der Waals surface area (Å²) < 4.78 is 42.5. The van der Waals surface area contributed by atoms with E-state index in [0.29, 0.717) is 17.3 Å². The third-order valence-corrected chi connectivity index (χ3v) is 6.51. The van der Waals surface area contributed by atoms with Crippen LogP contribution in [0.3, 0.4) is 0 Å². The fourth-order valence-corrected chi connectivity index (χ4v) is 5.08. The van der Waals surface area contributed by atoms with Gasteiger partial charge in [0.15, 0.2) is 5.70 Å². The first-order valence-electron chi connectivity index (χ1n) is 7.94. The summed E-state index contributed by atoms with van der Waals surface area (Å²) in [6.45, 7) is -0.253. The Balaban J connectivity index is 0.00000320. The van der Waals surface area contributed by atoms with E-state index in [1.165, 1.54) is 24.3 Å². The topological polar surface area (TPSA) is 138 Å². The van der Waals surface area contributed by atoms with Crippen LogP contribution in [0.25, 0.3) is 0 Å². The van der Waals surface area contributed by atoms with Gasteiger partial charge in [0.05, 0.1) is 26.7 Å². The molecule has 14 heteroatoms. The van der Waals surface area contributed by atoms with Gasteiger partial charge in [0, 0.05) is 12.1 Å². The van der Waals surface area contributed by atoms with Crippen LogP contribution in [0, 0.1) is 10.1 Å². The third-order valence-electron chi connectivity index (χ3n) is 3.94. The van der Waals surface area contributed by atoms with Gasteiger partial charge in [-0.05, 0) is 17.7 Å². The van der Waals surface area contributed by atoms with Crippen LogP contribution in [0.5, 0.6) is 0 Å². The minimum atomic E-state index is -4.98. The van der Waals surface area contributed by atoms with Gasteiger partial charge in [-0.2, -0.15) is 13.2 Å². The van der Waals surface area contributed by atoms with E-state index in [4.69, 9.17) is 4.74 Å². The first kappa shape index (κ1) is 23.7. The van der Waals surface area contributed by atoms with Gasteiger partial charge in [-0.15, -0.1) is 11.8 Å². The van der Waals surface area contributed by atoms with E-state index in [2.05, 4.69) is 0 Å². The van der Waals surface area contributed by atoms with Crippen molar-refractivity contribution in [3.8, 4) is 0 Å². The van der Waals surface area contributed by atoms with E-state index in [-0.39, 0.29) is 40.0 Å². The average Bonchev–Trinajstić information content (AvgIpc) is 2.95. The van der Waals surface area contributed by atoms with Crippen LogP contribution < -0.4 is 0 Å². The molecule has 0 aromatic heterocycles. The number of alkyl halides is 3. The van der Waals surface area contributed by atoms with Gasteiger partial charge in [0.2, 0.25) is 11.7 Å². The summed E-state index contributed by atoms with van der Waals surface area (Å²) in [6.07, 6.45) is -4.86. The summed E-state index contributed by atoms with van der Waals surface area (Å²) in [5, 5.41) is 10.2. The zero-order chi connectivity index (χ0) is 21.3. The van der Waals surface area contributed by atoms with Crippen LogP contribution in [0.4, 0.5) is 18.9 Å². The number of fused-ring (bicyclic) bond motifs is 1. The predicted molar refractivity (Wildman–Crippen MR) is 99.9 cm³/mol. The van der Waals surface area contributed by atoms with Gasteiger partial charge < -0.3 is 10.2 Å². The fraction of sp³-hybridized carbons (Fsp3) is 0.312. The Morgan fingerprint density at radius 3 is 2.47 bits per heavy atom. The molecule has 2 N–H and O–H groups in total. The quantitative estimate of drug-likeness (QED) is 0.258. The molecule has 9 nitrogen and oxygen atoms in total. The molecule has 0 unspecified atom stereocenters. The molecule has 1 amide bonds. The molecule has 1 aromatic rings. The maximum atomic E-state index is 12.5. The second kappa shape index (κ2) is 9.06. The number of nitrogens with zero attached hydrogens (tertiary/aromatic N) is 2. The normalized spacial score (nSPS) is 17.8. The van der Waals surface area contributed by atoms with E-state index < -0.39 is 34.0 Å². The Morgan fingerprint density at radius 2 is 1.93 bits per heavy atom. The van der Waals surface area contributed by atoms with Crippen molar-refractivity contribution in [2.24, 2.45) is 0 Å². The highest BCUT2D eigenvalue weighted by molar-refractivity contribution is 8.23. The molecule has 0 spiro atoms. The molecule has 30 heavy (non-hydrogen) atoms. The molecule has 1 fully saturated rings. The van der Waals surface area contributed by atoms with Crippen molar-refractivity contribution in [3.63, 3.8) is 0 Å². The standard InChI is InChI=1S/C16H11F3N2O6S2.H2O/c17-16(18,19)10(22)7-28-15-13(20-11(23)5-12(20)29-15)14(24)27-6-8-1-3-9(4-2-8)21(25)26;/h1-4,12H,5-7H2;1H2/t12-;/m0./s1. The highest BCUT2D eigenvalue weighted by atomic mass is 32.2. The number of β-lactam (4-membered cyclic amide) rings is 1. The van der Waals surface area contributed by atoms with Gasteiger partial charge in [-0.1, -0.05) is 11.8 Å². The van der Waals surface area contributed by atoms with E-state index in [1.807, 2.05) is 0 Å². The average molecular weight is 466 g/mol. The molecular formula is C16H13F3N2O7S2. The fourth-order valence-electron chi connectivity index (χ4n) is 2.46. The first-order chi connectivity index (χ1) is 13.6. The predicted octanol–water partition coefficient (Wildman–Crippen LogP) is 2.15. The van der Waals surface area contributed by atoms with E-state index in [9.17, 15) is 37.7 Å². The van der Waals surface area contributed by atoms with E-state index >= 15 is 0 Å². The number of benzene rings is 1. The van der Waals surface area contributed by atoms with Crippen molar-refractivity contribution < 1.29 is 42.7 Å². The number of halogens is 3. The van der Waals surface area contributed by atoms with Gasteiger partial charge >= 0.3 is 12.1 Å². The number of hydrogen-bond donors (Lipinski definition) is 0. The van der Waals surface area contributed by atoms with E-state index in [1.54, 1.807) is 0 Å². The van der Waals surface area contributed by atoms with Crippen LogP contribution >= 0.6 is 23.5 Å². The molecule has 1 aromatic carbocycles. The van der Waals surface area contributed by atoms with Gasteiger partial charge in [0.25, 0.3) is 5.69 Å². The molecule has 1 saturated heterocycles. The van der Waals surface area contributed by atoms with Crippen molar-refractivity contribution in [3.05, 3.63) is 49.9 Å². The Bertz CT molecular complexity index is 918. The van der Waals surface area contributed by atoms with Crippen molar-refractivity contribution in [1.82, 2.24) is 4.90 Å². The lowest BCUT2D eigenvalue weighted by Crippen LogP contribution is -2.48. The largest absolute Gasteiger partial charge is 0.456 e. The highest BCUT2D eigenvalue weighted by Gasteiger charge is 2.49. The highest BCUT2D eigenvalue weighted by Crippen LogP contribution is 2.51. The Morgan fingerprint density at radius 1 is 1.30 bits per heavy atom. The second-order valence-corrected chi connectivity index (χ2v) is 8.32. The number of nitro groups is 1. The molecule has 0 bridgehead atoms. The molecule has 2 heterocycles. The first-order valence-corrected chi connectivity index (χ1v) is 9.80. The van der Waals surface area contributed by atoms with Crippen LogP contribution in [-0.4, -0.2) is 50.3 Å².